The van der Waals surface area contributed by atoms with Gasteiger partial charge in [-0.05, 0) is 13.0 Å². The number of hydrogen-bond donors (Lipinski definition) is 2. The summed E-state index contributed by atoms with van der Waals surface area (Å²) < 4.78 is 25.5. The number of nitrogens with one attached hydrogen (secondary N) is 1. The van der Waals surface area contributed by atoms with Gasteiger partial charge in [-0.1, -0.05) is 6.92 Å². The third-order valence-electron chi connectivity index (χ3n) is 1.59. The summed E-state index contributed by atoms with van der Waals surface area (Å²) in [4.78, 5) is 10.5. The molecule has 3 nitrogen and oxygen atoms in total. The lowest BCUT2D eigenvalue weighted by atomic mass is 10.1. The third kappa shape index (κ3) is 3.31. The van der Waals surface area contributed by atoms with E-state index in [0.717, 1.165) is 6.08 Å². The van der Waals surface area contributed by atoms with E-state index < -0.39 is 24.0 Å². The van der Waals surface area contributed by atoms with Crippen molar-refractivity contribution in [1.82, 2.24) is 0 Å². The summed E-state index contributed by atoms with van der Waals surface area (Å²) >= 11 is 0. The number of alkyl halides is 2. The second-order valence-corrected chi connectivity index (χ2v) is 2.66. The summed E-state index contributed by atoms with van der Waals surface area (Å²) in [5, 5.41) is 6.98. The van der Waals surface area contributed by atoms with Crippen molar-refractivity contribution in [3.63, 3.8) is 0 Å². The fraction of sp³-hybridized carbons (Fsp3) is 0.500. The van der Waals surface area contributed by atoms with Crippen molar-refractivity contribution >= 4 is 11.6 Å². The molecular formula is C8H12F2N2O. The van der Waals surface area contributed by atoms with Crippen LogP contribution in [0.15, 0.2) is 11.6 Å². The fourth-order valence-corrected chi connectivity index (χ4v) is 0.584. The molecule has 0 bridgehead atoms. The van der Waals surface area contributed by atoms with Gasteiger partial charge in [-0.3, -0.25) is 10.2 Å². The summed E-state index contributed by atoms with van der Waals surface area (Å²) in [6.45, 7) is 2.56. The van der Waals surface area contributed by atoms with Gasteiger partial charge in [0.15, 0.2) is 0 Å². The molecule has 13 heavy (non-hydrogen) atoms. The zero-order chi connectivity index (χ0) is 10.6. The van der Waals surface area contributed by atoms with Gasteiger partial charge in [0.05, 0.1) is 0 Å². The van der Waals surface area contributed by atoms with Gasteiger partial charge in [-0.25, -0.2) is 0 Å². The lowest BCUT2D eigenvalue weighted by molar-refractivity contribution is -0.114. The first-order valence-corrected chi connectivity index (χ1v) is 3.76. The molecule has 0 saturated heterocycles. The summed E-state index contributed by atoms with van der Waals surface area (Å²) in [5.41, 5.74) is 3.89. The molecule has 1 amide bonds. The van der Waals surface area contributed by atoms with E-state index in [9.17, 15) is 13.6 Å². The third-order valence-corrected chi connectivity index (χ3v) is 1.59. The van der Waals surface area contributed by atoms with Gasteiger partial charge in [0.1, 0.15) is 5.71 Å². The molecule has 3 N–H and O–H groups in total. The van der Waals surface area contributed by atoms with E-state index >= 15 is 0 Å². The maximum atomic E-state index is 12.7. The summed E-state index contributed by atoms with van der Waals surface area (Å²) in [6.07, 6.45) is 0.334. The molecule has 5 heteroatoms. The van der Waals surface area contributed by atoms with Crippen LogP contribution >= 0.6 is 0 Å². The topological polar surface area (TPSA) is 66.9 Å². The van der Waals surface area contributed by atoms with Gasteiger partial charge in [-0.15, -0.1) is 0 Å². The Morgan fingerprint density at radius 2 is 2.08 bits per heavy atom. The number of primary amides is 1. The summed E-state index contributed by atoms with van der Waals surface area (Å²) in [6, 6.07) is 0. The van der Waals surface area contributed by atoms with Crippen molar-refractivity contribution in [2.24, 2.45) is 5.73 Å². The second-order valence-electron chi connectivity index (χ2n) is 2.66. The van der Waals surface area contributed by atoms with Crippen LogP contribution in [-0.4, -0.2) is 17.5 Å². The average molecular weight is 190 g/mol. The Bertz CT molecular complexity index is 259. The predicted octanol–water partition coefficient (Wildman–Crippen LogP) is 1.48. The SMILES string of the molecule is CCC(F)(F)C(=N)/C=C(\C)C(N)=O. The average Bonchev–Trinajstić information content (AvgIpc) is 2.04. The minimum Gasteiger partial charge on any atom is -0.366 e. The maximum absolute atomic E-state index is 12.7. The number of amides is 1. The van der Waals surface area contributed by atoms with Crippen LogP contribution in [0.4, 0.5) is 8.78 Å². The zero-order valence-corrected chi connectivity index (χ0v) is 7.53. The number of rotatable bonds is 4. The van der Waals surface area contributed by atoms with E-state index in [1.165, 1.54) is 13.8 Å². The Labute approximate surface area is 75.1 Å². The number of halogens is 2. The first kappa shape index (κ1) is 11.7. The standard InChI is InChI=1S/C8H12F2N2O/c1-3-8(9,10)6(11)4-5(2)7(12)13/h4,11H,3H2,1-2H3,(H2,12,13)/b5-4+,11-6?. The Hall–Kier alpha value is -1.26. The summed E-state index contributed by atoms with van der Waals surface area (Å²) in [5.74, 6) is -3.98. The number of hydrogen-bond acceptors (Lipinski definition) is 2. The molecule has 0 aromatic heterocycles. The molecule has 0 aliphatic carbocycles. The molecule has 0 unspecified atom stereocenters. The molecule has 0 heterocycles. The molecule has 0 fully saturated rings. The Morgan fingerprint density at radius 3 is 2.38 bits per heavy atom. The molecule has 0 saturated carbocycles. The van der Waals surface area contributed by atoms with Gasteiger partial charge >= 0.3 is 0 Å². The molecule has 0 spiro atoms. The normalized spacial score (nSPS) is 12.8. The van der Waals surface area contributed by atoms with E-state index in [0.29, 0.717) is 0 Å². The zero-order valence-electron chi connectivity index (χ0n) is 7.53. The van der Waals surface area contributed by atoms with E-state index in [2.05, 4.69) is 0 Å². The fourth-order valence-electron chi connectivity index (χ4n) is 0.584. The number of carbonyl (C=O) groups excluding carboxylic acids is 1. The van der Waals surface area contributed by atoms with E-state index in [4.69, 9.17) is 11.1 Å². The molecule has 0 atom stereocenters. The van der Waals surface area contributed by atoms with Crippen molar-refractivity contribution in [2.75, 3.05) is 0 Å². The number of nitrogens with two attached hydrogens (primary N) is 1. The molecule has 0 aliphatic rings. The highest BCUT2D eigenvalue weighted by atomic mass is 19.3. The van der Waals surface area contributed by atoms with Crippen molar-refractivity contribution in [2.45, 2.75) is 26.2 Å². The highest BCUT2D eigenvalue weighted by molar-refractivity contribution is 6.04. The minimum absolute atomic E-state index is 0.0434. The Morgan fingerprint density at radius 1 is 1.62 bits per heavy atom. The van der Waals surface area contributed by atoms with Crippen molar-refractivity contribution in [1.29, 1.82) is 5.41 Å². The van der Waals surface area contributed by atoms with Crippen LogP contribution in [-0.2, 0) is 4.79 Å². The first-order chi connectivity index (χ1) is 5.81. The van der Waals surface area contributed by atoms with E-state index in [1.807, 2.05) is 0 Å². The molecule has 0 aromatic rings. The van der Waals surface area contributed by atoms with Crippen molar-refractivity contribution < 1.29 is 13.6 Å². The van der Waals surface area contributed by atoms with Crippen LogP contribution < -0.4 is 5.73 Å². The van der Waals surface area contributed by atoms with Crippen LogP contribution in [0.2, 0.25) is 0 Å². The van der Waals surface area contributed by atoms with E-state index in [-0.39, 0.29) is 5.57 Å². The monoisotopic (exact) mass is 190 g/mol. The van der Waals surface area contributed by atoms with Gasteiger partial charge in [0.25, 0.3) is 5.92 Å². The van der Waals surface area contributed by atoms with Gasteiger partial charge in [-0.2, -0.15) is 8.78 Å². The van der Waals surface area contributed by atoms with Crippen LogP contribution in [0, 0.1) is 5.41 Å². The molecular weight excluding hydrogens is 178 g/mol. The van der Waals surface area contributed by atoms with Gasteiger partial charge in [0, 0.05) is 12.0 Å². The molecule has 0 radical (unpaired) electrons. The Kier molecular flexibility index (Phi) is 3.71. The quantitative estimate of drug-likeness (QED) is 0.511. The molecule has 0 aromatic carbocycles. The first-order valence-electron chi connectivity index (χ1n) is 3.76. The highest BCUT2D eigenvalue weighted by Gasteiger charge is 2.30. The van der Waals surface area contributed by atoms with Crippen molar-refractivity contribution in [3.8, 4) is 0 Å². The van der Waals surface area contributed by atoms with Crippen LogP contribution in [0.25, 0.3) is 0 Å². The molecule has 74 valence electrons. The lowest BCUT2D eigenvalue weighted by Crippen LogP contribution is -2.26. The summed E-state index contributed by atoms with van der Waals surface area (Å²) in [7, 11) is 0. The predicted molar refractivity (Wildman–Crippen MR) is 45.9 cm³/mol. The smallest absolute Gasteiger partial charge is 0.288 e. The number of carbonyl (C=O) groups is 1. The minimum atomic E-state index is -3.18. The second kappa shape index (κ2) is 4.11. The largest absolute Gasteiger partial charge is 0.366 e. The lowest BCUT2D eigenvalue weighted by Gasteiger charge is -2.12. The van der Waals surface area contributed by atoms with Crippen LogP contribution in [0.3, 0.4) is 0 Å². The highest BCUT2D eigenvalue weighted by Crippen LogP contribution is 2.20. The molecule has 0 rings (SSSR count). The van der Waals surface area contributed by atoms with Gasteiger partial charge in [0.2, 0.25) is 5.91 Å². The number of allylic oxidation sites excluding steroid dienone is 1. The molecule has 0 aliphatic heterocycles. The van der Waals surface area contributed by atoms with E-state index in [1.54, 1.807) is 0 Å². The van der Waals surface area contributed by atoms with Crippen LogP contribution in [0.5, 0.6) is 0 Å². The Balaban J connectivity index is 4.65. The maximum Gasteiger partial charge on any atom is 0.288 e. The van der Waals surface area contributed by atoms with Crippen LogP contribution in [0.1, 0.15) is 20.3 Å². The van der Waals surface area contributed by atoms with Crippen molar-refractivity contribution in [3.05, 3.63) is 11.6 Å². The van der Waals surface area contributed by atoms with Gasteiger partial charge < -0.3 is 5.73 Å².